The van der Waals surface area contributed by atoms with Crippen molar-refractivity contribution in [2.45, 2.75) is 50.3 Å². The van der Waals surface area contributed by atoms with Gasteiger partial charge in [-0.25, -0.2) is 0 Å². The van der Waals surface area contributed by atoms with E-state index in [-0.39, 0.29) is 5.91 Å². The largest absolute Gasteiger partial charge is 0.353 e. The highest BCUT2D eigenvalue weighted by Crippen LogP contribution is 2.29. The zero-order chi connectivity index (χ0) is 11.8. The monoisotopic (exact) mass is 244 g/mol. The summed E-state index contributed by atoms with van der Waals surface area (Å²) in [7, 11) is 1.92. The van der Waals surface area contributed by atoms with Crippen LogP contribution in [-0.2, 0) is 4.79 Å². The molecule has 1 fully saturated rings. The molecule has 1 amide bonds. The van der Waals surface area contributed by atoms with Gasteiger partial charge in [-0.05, 0) is 45.0 Å². The zero-order valence-electron chi connectivity index (χ0n) is 10.4. The summed E-state index contributed by atoms with van der Waals surface area (Å²) in [6.45, 7) is 3.13. The molecule has 1 aliphatic rings. The highest BCUT2D eigenvalue weighted by Gasteiger charge is 2.25. The van der Waals surface area contributed by atoms with E-state index in [2.05, 4.69) is 17.6 Å². The molecule has 0 aromatic carbocycles. The average molecular weight is 244 g/mol. The van der Waals surface area contributed by atoms with E-state index in [1.54, 1.807) is 0 Å². The molecule has 1 saturated carbocycles. The Morgan fingerprint density at radius 3 is 2.94 bits per heavy atom. The first kappa shape index (κ1) is 13.8. The van der Waals surface area contributed by atoms with Gasteiger partial charge in [0.25, 0.3) is 0 Å². The molecule has 16 heavy (non-hydrogen) atoms. The van der Waals surface area contributed by atoms with Crippen molar-refractivity contribution in [1.82, 2.24) is 10.6 Å². The molecule has 0 heterocycles. The third-order valence-electron chi connectivity index (χ3n) is 2.98. The second-order valence-corrected chi connectivity index (χ2v) is 5.94. The van der Waals surface area contributed by atoms with E-state index in [4.69, 9.17) is 0 Å². The smallest absolute Gasteiger partial charge is 0.220 e. The van der Waals surface area contributed by atoms with Crippen LogP contribution in [0.5, 0.6) is 0 Å². The first-order chi connectivity index (χ1) is 7.76. The van der Waals surface area contributed by atoms with Gasteiger partial charge in [0.15, 0.2) is 0 Å². The molecule has 0 saturated heterocycles. The Labute approximate surface area is 103 Å². The number of nitrogens with one attached hydrogen (secondary N) is 2. The van der Waals surface area contributed by atoms with Gasteiger partial charge in [0.2, 0.25) is 5.91 Å². The predicted octanol–water partition coefficient (Wildman–Crippen LogP) is 1.78. The van der Waals surface area contributed by atoms with Crippen molar-refractivity contribution in [3.8, 4) is 0 Å². The third-order valence-corrected chi connectivity index (χ3v) is 4.22. The van der Waals surface area contributed by atoms with Crippen LogP contribution in [0.4, 0.5) is 0 Å². The molecule has 1 rings (SSSR count). The summed E-state index contributed by atoms with van der Waals surface area (Å²) in [4.78, 5) is 11.6. The number of carbonyl (C=O) groups excluding carboxylic acids is 1. The predicted molar refractivity (Wildman–Crippen MR) is 70.9 cm³/mol. The highest BCUT2D eigenvalue weighted by atomic mass is 32.2. The standard InChI is InChI=1S/C12H24N2OS/c1-3-16-11-7-6-10(9-11)14-12(15)5-4-8-13-2/h10-11,13H,3-9H2,1-2H3,(H,14,15). The Balaban J connectivity index is 2.11. The van der Waals surface area contributed by atoms with E-state index in [0.717, 1.165) is 31.1 Å². The number of hydrogen-bond donors (Lipinski definition) is 2. The Hall–Kier alpha value is -0.220. The summed E-state index contributed by atoms with van der Waals surface area (Å²) in [5.74, 6) is 1.41. The van der Waals surface area contributed by atoms with E-state index in [1.807, 2.05) is 18.8 Å². The topological polar surface area (TPSA) is 41.1 Å². The molecular weight excluding hydrogens is 220 g/mol. The summed E-state index contributed by atoms with van der Waals surface area (Å²) < 4.78 is 0. The Morgan fingerprint density at radius 2 is 2.25 bits per heavy atom. The molecule has 4 heteroatoms. The summed E-state index contributed by atoms with van der Waals surface area (Å²) in [6.07, 6.45) is 5.18. The molecule has 1 aliphatic carbocycles. The number of hydrogen-bond acceptors (Lipinski definition) is 3. The van der Waals surface area contributed by atoms with E-state index < -0.39 is 0 Å². The number of rotatable bonds is 7. The third kappa shape index (κ3) is 5.21. The molecule has 0 radical (unpaired) electrons. The Morgan fingerprint density at radius 1 is 1.44 bits per heavy atom. The van der Waals surface area contributed by atoms with Crippen LogP contribution < -0.4 is 10.6 Å². The molecule has 94 valence electrons. The van der Waals surface area contributed by atoms with Crippen LogP contribution in [0.25, 0.3) is 0 Å². The SMILES string of the molecule is CCSC1CCC(NC(=O)CCCNC)C1. The highest BCUT2D eigenvalue weighted by molar-refractivity contribution is 7.99. The fraction of sp³-hybridized carbons (Fsp3) is 0.917. The lowest BCUT2D eigenvalue weighted by Crippen LogP contribution is -2.33. The van der Waals surface area contributed by atoms with Gasteiger partial charge in [-0.15, -0.1) is 0 Å². The minimum Gasteiger partial charge on any atom is -0.353 e. The fourth-order valence-corrected chi connectivity index (χ4v) is 3.33. The van der Waals surface area contributed by atoms with Crippen molar-refractivity contribution < 1.29 is 4.79 Å². The van der Waals surface area contributed by atoms with E-state index in [1.165, 1.54) is 12.2 Å². The van der Waals surface area contributed by atoms with Gasteiger partial charge in [-0.1, -0.05) is 6.92 Å². The fourth-order valence-electron chi connectivity index (χ4n) is 2.18. The van der Waals surface area contributed by atoms with Crippen LogP contribution in [0.15, 0.2) is 0 Å². The van der Waals surface area contributed by atoms with Gasteiger partial charge < -0.3 is 10.6 Å². The average Bonchev–Trinajstić information content (AvgIpc) is 2.66. The lowest BCUT2D eigenvalue weighted by Gasteiger charge is -2.13. The molecular formula is C12H24N2OS. The molecule has 3 nitrogen and oxygen atoms in total. The van der Waals surface area contributed by atoms with Crippen LogP contribution in [0.2, 0.25) is 0 Å². The summed E-state index contributed by atoms with van der Waals surface area (Å²) >= 11 is 2.03. The Bertz CT molecular complexity index is 211. The van der Waals surface area contributed by atoms with Crippen molar-refractivity contribution in [3.05, 3.63) is 0 Å². The van der Waals surface area contributed by atoms with Crippen LogP contribution in [0, 0.1) is 0 Å². The van der Waals surface area contributed by atoms with Gasteiger partial charge in [0, 0.05) is 17.7 Å². The maximum atomic E-state index is 11.6. The molecule has 2 atom stereocenters. The van der Waals surface area contributed by atoms with Crippen molar-refractivity contribution in [2.24, 2.45) is 0 Å². The maximum Gasteiger partial charge on any atom is 0.220 e. The van der Waals surface area contributed by atoms with Crippen molar-refractivity contribution in [3.63, 3.8) is 0 Å². The van der Waals surface area contributed by atoms with Crippen LogP contribution in [0.1, 0.15) is 39.0 Å². The first-order valence-corrected chi connectivity index (χ1v) is 7.36. The summed E-state index contributed by atoms with van der Waals surface area (Å²) in [5.41, 5.74) is 0. The van der Waals surface area contributed by atoms with Crippen molar-refractivity contribution >= 4 is 17.7 Å². The Kier molecular flexibility index (Phi) is 6.88. The second kappa shape index (κ2) is 7.96. The number of amides is 1. The van der Waals surface area contributed by atoms with Crippen molar-refractivity contribution in [2.75, 3.05) is 19.3 Å². The van der Waals surface area contributed by atoms with E-state index >= 15 is 0 Å². The maximum absolute atomic E-state index is 11.6. The number of thioether (sulfide) groups is 1. The lowest BCUT2D eigenvalue weighted by molar-refractivity contribution is -0.121. The van der Waals surface area contributed by atoms with E-state index in [0.29, 0.717) is 12.5 Å². The van der Waals surface area contributed by atoms with Gasteiger partial charge >= 0.3 is 0 Å². The molecule has 0 aromatic heterocycles. The molecule has 0 bridgehead atoms. The quantitative estimate of drug-likeness (QED) is 0.671. The molecule has 0 spiro atoms. The van der Waals surface area contributed by atoms with Gasteiger partial charge in [-0.2, -0.15) is 11.8 Å². The number of carbonyl (C=O) groups is 1. The molecule has 0 aromatic rings. The van der Waals surface area contributed by atoms with Crippen LogP contribution in [0.3, 0.4) is 0 Å². The minimum atomic E-state index is 0.224. The van der Waals surface area contributed by atoms with Gasteiger partial charge in [0.1, 0.15) is 0 Å². The normalized spacial score (nSPS) is 24.6. The van der Waals surface area contributed by atoms with Crippen molar-refractivity contribution in [1.29, 1.82) is 0 Å². The lowest BCUT2D eigenvalue weighted by atomic mass is 10.2. The summed E-state index contributed by atoms with van der Waals surface area (Å²) in [5, 5.41) is 6.97. The first-order valence-electron chi connectivity index (χ1n) is 6.31. The van der Waals surface area contributed by atoms with Gasteiger partial charge in [0.05, 0.1) is 0 Å². The molecule has 2 unspecified atom stereocenters. The molecule has 2 N–H and O–H groups in total. The van der Waals surface area contributed by atoms with E-state index in [9.17, 15) is 4.79 Å². The second-order valence-electron chi connectivity index (χ2n) is 4.36. The summed E-state index contributed by atoms with van der Waals surface area (Å²) in [6, 6.07) is 0.436. The zero-order valence-corrected chi connectivity index (χ0v) is 11.2. The van der Waals surface area contributed by atoms with Crippen LogP contribution in [-0.4, -0.2) is 36.5 Å². The van der Waals surface area contributed by atoms with Crippen LogP contribution >= 0.6 is 11.8 Å². The minimum absolute atomic E-state index is 0.224. The van der Waals surface area contributed by atoms with Gasteiger partial charge in [-0.3, -0.25) is 4.79 Å². The molecule has 0 aliphatic heterocycles.